The molecule has 0 spiro atoms. The van der Waals surface area contributed by atoms with Crippen molar-refractivity contribution in [1.82, 2.24) is 0 Å². The van der Waals surface area contributed by atoms with E-state index in [0.717, 1.165) is 18.2 Å². The molecular weight excluding hydrogens is 224 g/mol. The highest BCUT2D eigenvalue weighted by atomic mass is 79.9. The zero-order valence-corrected chi connectivity index (χ0v) is 9.39. The van der Waals surface area contributed by atoms with Crippen LogP contribution in [0.2, 0.25) is 0 Å². The predicted molar refractivity (Wildman–Crippen MR) is 61.2 cm³/mol. The molecule has 0 fully saturated rings. The maximum atomic E-state index is 3.50. The minimum atomic E-state index is 1.06. The molecule has 0 bridgehead atoms. The van der Waals surface area contributed by atoms with Crippen LogP contribution in [-0.2, 0) is 6.42 Å². The molecule has 0 saturated heterocycles. The summed E-state index contributed by atoms with van der Waals surface area (Å²) in [5.74, 6) is 0. The highest BCUT2D eigenvalue weighted by Gasteiger charge is 2.16. The molecule has 1 aliphatic carbocycles. The van der Waals surface area contributed by atoms with Crippen LogP contribution in [-0.4, -0.2) is 5.33 Å². The highest BCUT2D eigenvalue weighted by Crippen LogP contribution is 2.34. The van der Waals surface area contributed by atoms with E-state index in [1.807, 2.05) is 0 Å². The van der Waals surface area contributed by atoms with Crippen molar-refractivity contribution in [3.05, 3.63) is 41.0 Å². The van der Waals surface area contributed by atoms with Gasteiger partial charge in [-0.2, -0.15) is 0 Å². The molecule has 0 nitrogen and oxygen atoms in total. The van der Waals surface area contributed by atoms with E-state index in [4.69, 9.17) is 0 Å². The molecular formula is C12H13Br. The first-order valence-corrected chi connectivity index (χ1v) is 5.78. The number of rotatable bonds is 2. The molecule has 0 aromatic heterocycles. The summed E-state index contributed by atoms with van der Waals surface area (Å²) in [6, 6.07) is 8.73. The minimum Gasteiger partial charge on any atom is -0.0924 e. The first-order valence-electron chi connectivity index (χ1n) is 4.66. The summed E-state index contributed by atoms with van der Waals surface area (Å²) in [6.45, 7) is 2.25. The summed E-state index contributed by atoms with van der Waals surface area (Å²) in [4.78, 5) is 0. The Kier molecular flexibility index (Phi) is 2.54. The molecule has 1 aliphatic rings. The van der Waals surface area contributed by atoms with Gasteiger partial charge in [-0.1, -0.05) is 45.8 Å². The summed E-state index contributed by atoms with van der Waals surface area (Å²) in [5, 5.41) is 1.06. The van der Waals surface area contributed by atoms with Crippen LogP contribution in [0.15, 0.2) is 29.8 Å². The number of alkyl halides is 1. The first kappa shape index (κ1) is 9.01. The number of fused-ring (bicyclic) bond motifs is 1. The lowest BCUT2D eigenvalue weighted by molar-refractivity contribution is 1.18. The SMILES string of the molecule is CC1=C(CCBr)c2ccccc2C1. The van der Waals surface area contributed by atoms with Crippen molar-refractivity contribution in [1.29, 1.82) is 0 Å². The predicted octanol–water partition coefficient (Wildman–Crippen LogP) is 3.80. The fourth-order valence-corrected chi connectivity index (χ4v) is 2.43. The fraction of sp³-hybridized carbons (Fsp3) is 0.333. The third-order valence-corrected chi connectivity index (χ3v) is 3.05. The summed E-state index contributed by atoms with van der Waals surface area (Å²) < 4.78 is 0. The number of benzene rings is 1. The van der Waals surface area contributed by atoms with E-state index in [9.17, 15) is 0 Å². The molecule has 0 unspecified atom stereocenters. The molecule has 1 aromatic rings. The Morgan fingerprint density at radius 3 is 2.85 bits per heavy atom. The topological polar surface area (TPSA) is 0 Å². The average molecular weight is 237 g/mol. The molecule has 1 aromatic carbocycles. The Labute approximate surface area is 87.8 Å². The lowest BCUT2D eigenvalue weighted by atomic mass is 10.0. The maximum absolute atomic E-state index is 3.50. The van der Waals surface area contributed by atoms with Gasteiger partial charge in [0.2, 0.25) is 0 Å². The van der Waals surface area contributed by atoms with Gasteiger partial charge in [-0.3, -0.25) is 0 Å². The zero-order chi connectivity index (χ0) is 9.26. The molecule has 68 valence electrons. The highest BCUT2D eigenvalue weighted by molar-refractivity contribution is 9.09. The van der Waals surface area contributed by atoms with Gasteiger partial charge in [0, 0.05) is 5.33 Å². The third kappa shape index (κ3) is 1.58. The van der Waals surface area contributed by atoms with E-state index in [1.54, 1.807) is 11.1 Å². The second kappa shape index (κ2) is 3.67. The van der Waals surface area contributed by atoms with Crippen LogP contribution in [0.1, 0.15) is 24.5 Å². The van der Waals surface area contributed by atoms with Crippen molar-refractivity contribution in [2.24, 2.45) is 0 Å². The van der Waals surface area contributed by atoms with Crippen LogP contribution in [0.4, 0.5) is 0 Å². The Morgan fingerprint density at radius 1 is 1.31 bits per heavy atom. The smallest absolute Gasteiger partial charge is 0.00720 e. The van der Waals surface area contributed by atoms with Crippen LogP contribution in [0.5, 0.6) is 0 Å². The lowest BCUT2D eigenvalue weighted by Crippen LogP contribution is -1.84. The van der Waals surface area contributed by atoms with Gasteiger partial charge < -0.3 is 0 Å². The van der Waals surface area contributed by atoms with Gasteiger partial charge in [0.1, 0.15) is 0 Å². The van der Waals surface area contributed by atoms with Gasteiger partial charge in [-0.15, -0.1) is 0 Å². The zero-order valence-electron chi connectivity index (χ0n) is 7.81. The standard InChI is InChI=1S/C12H13Br/c1-9-8-10-4-2-3-5-12(10)11(9)6-7-13/h2-5H,6-8H2,1H3. The lowest BCUT2D eigenvalue weighted by Gasteiger charge is -2.03. The second-order valence-electron chi connectivity index (χ2n) is 3.53. The Morgan fingerprint density at radius 2 is 2.08 bits per heavy atom. The molecule has 13 heavy (non-hydrogen) atoms. The quantitative estimate of drug-likeness (QED) is 0.686. The van der Waals surface area contributed by atoms with E-state index in [0.29, 0.717) is 0 Å². The van der Waals surface area contributed by atoms with Crippen molar-refractivity contribution in [3.63, 3.8) is 0 Å². The molecule has 0 saturated carbocycles. The van der Waals surface area contributed by atoms with Gasteiger partial charge in [-0.25, -0.2) is 0 Å². The molecule has 0 atom stereocenters. The monoisotopic (exact) mass is 236 g/mol. The van der Waals surface area contributed by atoms with Crippen LogP contribution in [0.3, 0.4) is 0 Å². The summed E-state index contributed by atoms with van der Waals surface area (Å²) >= 11 is 3.50. The van der Waals surface area contributed by atoms with E-state index in [-0.39, 0.29) is 0 Å². The van der Waals surface area contributed by atoms with Crippen molar-refractivity contribution in [2.75, 3.05) is 5.33 Å². The van der Waals surface area contributed by atoms with Crippen molar-refractivity contribution in [3.8, 4) is 0 Å². The van der Waals surface area contributed by atoms with E-state index in [2.05, 4.69) is 47.1 Å². The Bertz CT molecular complexity index is 350. The van der Waals surface area contributed by atoms with Gasteiger partial charge in [0.15, 0.2) is 0 Å². The van der Waals surface area contributed by atoms with Gasteiger partial charge in [0.05, 0.1) is 0 Å². The molecule has 0 heterocycles. The van der Waals surface area contributed by atoms with Gasteiger partial charge >= 0.3 is 0 Å². The Hall–Kier alpha value is -0.560. The molecule has 0 radical (unpaired) electrons. The summed E-state index contributed by atoms with van der Waals surface area (Å²) in [6.07, 6.45) is 2.31. The number of allylic oxidation sites excluding steroid dienone is 2. The number of hydrogen-bond donors (Lipinski definition) is 0. The minimum absolute atomic E-state index is 1.06. The van der Waals surface area contributed by atoms with E-state index >= 15 is 0 Å². The van der Waals surface area contributed by atoms with Crippen molar-refractivity contribution in [2.45, 2.75) is 19.8 Å². The normalized spacial score (nSPS) is 14.9. The summed E-state index contributed by atoms with van der Waals surface area (Å²) in [7, 11) is 0. The van der Waals surface area contributed by atoms with Crippen LogP contribution in [0.25, 0.3) is 5.57 Å². The third-order valence-electron chi connectivity index (χ3n) is 2.66. The average Bonchev–Trinajstić information content (AvgIpc) is 2.44. The fourth-order valence-electron chi connectivity index (χ4n) is 2.03. The van der Waals surface area contributed by atoms with Gasteiger partial charge in [0.25, 0.3) is 0 Å². The van der Waals surface area contributed by atoms with Crippen LogP contribution in [0, 0.1) is 0 Å². The molecule has 0 N–H and O–H groups in total. The van der Waals surface area contributed by atoms with E-state index in [1.165, 1.54) is 11.1 Å². The van der Waals surface area contributed by atoms with Crippen molar-refractivity contribution < 1.29 is 0 Å². The largest absolute Gasteiger partial charge is 0.0924 e. The Balaban J connectivity index is 2.41. The van der Waals surface area contributed by atoms with Crippen LogP contribution < -0.4 is 0 Å². The molecule has 0 amide bonds. The molecule has 0 aliphatic heterocycles. The number of hydrogen-bond acceptors (Lipinski definition) is 0. The summed E-state index contributed by atoms with van der Waals surface area (Å²) in [5.41, 5.74) is 6.06. The first-order chi connectivity index (χ1) is 6.33. The van der Waals surface area contributed by atoms with Crippen molar-refractivity contribution >= 4 is 21.5 Å². The van der Waals surface area contributed by atoms with Crippen LogP contribution >= 0.6 is 15.9 Å². The van der Waals surface area contributed by atoms with E-state index < -0.39 is 0 Å². The maximum Gasteiger partial charge on any atom is 0.00720 e. The molecule has 1 heteroatoms. The number of halogens is 1. The second-order valence-corrected chi connectivity index (χ2v) is 4.32. The molecule has 2 rings (SSSR count). The van der Waals surface area contributed by atoms with Gasteiger partial charge in [-0.05, 0) is 36.5 Å².